The first kappa shape index (κ1) is 24.1. The van der Waals surface area contributed by atoms with Crippen LogP contribution in [0.5, 0.6) is 5.75 Å². The molecule has 4 heterocycles. The summed E-state index contributed by atoms with van der Waals surface area (Å²) in [6.07, 6.45) is -4.46. The number of hydrogen-bond donors (Lipinski definition) is 1. The Morgan fingerprint density at radius 1 is 1.22 bits per heavy atom. The summed E-state index contributed by atoms with van der Waals surface area (Å²) in [7, 11) is 1.59. The van der Waals surface area contributed by atoms with Crippen LogP contribution in [0.2, 0.25) is 5.02 Å². The van der Waals surface area contributed by atoms with Gasteiger partial charge in [-0.25, -0.2) is 9.67 Å². The van der Waals surface area contributed by atoms with Crippen molar-refractivity contribution < 1.29 is 28.8 Å². The fourth-order valence-corrected chi connectivity index (χ4v) is 5.56. The van der Waals surface area contributed by atoms with Crippen LogP contribution in [0.15, 0.2) is 48.5 Å². The summed E-state index contributed by atoms with van der Waals surface area (Å²) in [5.41, 5.74) is 2.28. The van der Waals surface area contributed by atoms with E-state index >= 15 is 0 Å². The van der Waals surface area contributed by atoms with Gasteiger partial charge in [-0.3, -0.25) is 4.79 Å². The van der Waals surface area contributed by atoms with E-state index in [1.54, 1.807) is 42.1 Å². The molecule has 2 saturated heterocycles. The molecule has 0 amide bonds. The standard InChI is InChI=1S/C26H22ClN3O6S/c1-12-19-20(27)15-10-14(33-2)8-9-16(15)28-24(19)30(29-12)25-23-22(35-26(37)36-23)21(34-25)18(32)11-17(31)13-6-4-3-5-7-13/h3-10,18,21-23,25,32H,11H2,1-2H3/t18?,21-,22-,23-,25-/m1/s1. The Labute approximate surface area is 221 Å². The van der Waals surface area contributed by atoms with Gasteiger partial charge in [0.15, 0.2) is 29.9 Å². The third-order valence-corrected chi connectivity index (χ3v) is 7.33. The molecule has 0 spiro atoms. The predicted octanol–water partition coefficient (Wildman–Crippen LogP) is 4.16. The number of nitrogens with zero attached hydrogens (tertiary/aromatic N) is 3. The van der Waals surface area contributed by atoms with Crippen molar-refractivity contribution in [3.63, 3.8) is 0 Å². The number of Topliss-reactive ketones (excluding diaryl/α,β-unsaturated/α-hetero) is 1. The van der Waals surface area contributed by atoms with Gasteiger partial charge in [-0.2, -0.15) is 5.10 Å². The fourth-order valence-electron chi connectivity index (χ4n) is 4.97. The summed E-state index contributed by atoms with van der Waals surface area (Å²) in [5, 5.41) is 17.5. The number of methoxy groups -OCH3 is 1. The predicted molar refractivity (Wildman–Crippen MR) is 139 cm³/mol. The maximum Gasteiger partial charge on any atom is 0.353 e. The number of pyridine rings is 1. The number of aryl methyl sites for hydroxylation is 1. The first-order valence-corrected chi connectivity index (χ1v) is 12.5. The zero-order chi connectivity index (χ0) is 25.8. The molecule has 0 saturated carbocycles. The van der Waals surface area contributed by atoms with Gasteiger partial charge in [-0.15, -0.1) is 0 Å². The number of carbonyl (C=O) groups excluding carboxylic acids is 1. The molecular formula is C26H22ClN3O6S. The Morgan fingerprint density at radius 3 is 2.73 bits per heavy atom. The van der Waals surface area contributed by atoms with Gasteiger partial charge in [0.25, 0.3) is 0 Å². The SMILES string of the molecule is COc1ccc2nc3c(c(C)nn3[C@@H]3O[C@H](C(O)CC(=O)c4ccccc4)[C@H]4OC(=S)O[C@H]43)c(Cl)c2c1. The average Bonchev–Trinajstić information content (AvgIpc) is 3.55. The Balaban J connectivity index is 1.37. The van der Waals surface area contributed by atoms with Gasteiger partial charge in [-0.05, 0) is 25.1 Å². The minimum absolute atomic E-state index is 0.0494. The molecule has 1 N–H and O–H groups in total. The molecule has 2 aromatic carbocycles. The van der Waals surface area contributed by atoms with Gasteiger partial charge in [0.05, 0.1) is 34.8 Å². The summed E-state index contributed by atoms with van der Waals surface area (Å²) >= 11 is 12.0. The summed E-state index contributed by atoms with van der Waals surface area (Å²) in [6.45, 7) is 1.83. The lowest BCUT2D eigenvalue weighted by Gasteiger charge is -2.21. The summed E-state index contributed by atoms with van der Waals surface area (Å²) in [4.78, 5) is 17.5. The molecule has 1 unspecified atom stereocenters. The Kier molecular flexibility index (Phi) is 5.99. The maximum absolute atomic E-state index is 12.7. The lowest BCUT2D eigenvalue weighted by atomic mass is 9.98. The Hall–Kier alpha value is -3.31. The van der Waals surface area contributed by atoms with Crippen LogP contribution in [0.3, 0.4) is 0 Å². The molecular weight excluding hydrogens is 518 g/mol. The fraction of sp³-hybridized carbons (Fsp3) is 0.308. The van der Waals surface area contributed by atoms with Crippen LogP contribution < -0.4 is 4.74 Å². The molecule has 37 heavy (non-hydrogen) atoms. The molecule has 4 aromatic rings. The third kappa shape index (κ3) is 4.00. The van der Waals surface area contributed by atoms with Crippen LogP contribution >= 0.6 is 23.8 Å². The monoisotopic (exact) mass is 539 g/mol. The molecule has 2 fully saturated rings. The van der Waals surface area contributed by atoms with Crippen molar-refractivity contribution in [1.29, 1.82) is 0 Å². The van der Waals surface area contributed by atoms with E-state index in [-0.39, 0.29) is 17.4 Å². The van der Waals surface area contributed by atoms with Gasteiger partial charge < -0.3 is 24.1 Å². The number of fused-ring (bicyclic) bond motifs is 3. The van der Waals surface area contributed by atoms with Crippen molar-refractivity contribution in [2.75, 3.05) is 7.11 Å². The quantitative estimate of drug-likeness (QED) is 0.285. The van der Waals surface area contributed by atoms with Crippen molar-refractivity contribution in [1.82, 2.24) is 14.8 Å². The highest BCUT2D eigenvalue weighted by atomic mass is 35.5. The number of hydrogen-bond acceptors (Lipinski definition) is 9. The second-order valence-electron chi connectivity index (χ2n) is 9.00. The van der Waals surface area contributed by atoms with Crippen LogP contribution in [0.25, 0.3) is 21.9 Å². The molecule has 6 rings (SSSR count). The van der Waals surface area contributed by atoms with Gasteiger partial charge >= 0.3 is 5.24 Å². The molecule has 0 radical (unpaired) electrons. The molecule has 0 aliphatic carbocycles. The molecule has 190 valence electrons. The van der Waals surface area contributed by atoms with E-state index in [1.807, 2.05) is 25.1 Å². The lowest BCUT2D eigenvalue weighted by Crippen LogP contribution is -2.38. The van der Waals surface area contributed by atoms with E-state index in [0.717, 1.165) is 5.39 Å². The minimum Gasteiger partial charge on any atom is -0.497 e. The van der Waals surface area contributed by atoms with Gasteiger partial charge in [0, 0.05) is 29.6 Å². The second kappa shape index (κ2) is 9.21. The summed E-state index contributed by atoms with van der Waals surface area (Å²) in [6, 6.07) is 14.2. The number of aliphatic hydroxyl groups is 1. The van der Waals surface area contributed by atoms with Gasteiger partial charge in [0.1, 0.15) is 11.9 Å². The van der Waals surface area contributed by atoms with Crippen LogP contribution in [0.1, 0.15) is 28.7 Å². The molecule has 0 bridgehead atoms. The normalized spacial score (nSPS) is 23.6. The maximum atomic E-state index is 12.7. The van der Waals surface area contributed by atoms with E-state index in [0.29, 0.717) is 38.6 Å². The number of benzene rings is 2. The van der Waals surface area contributed by atoms with Crippen LogP contribution in [0, 0.1) is 6.92 Å². The molecule has 11 heteroatoms. The molecule has 9 nitrogen and oxygen atoms in total. The summed E-state index contributed by atoms with van der Waals surface area (Å²) < 4.78 is 24.7. The van der Waals surface area contributed by atoms with Crippen LogP contribution in [0.4, 0.5) is 0 Å². The molecule has 2 aromatic heterocycles. The average molecular weight is 540 g/mol. The zero-order valence-corrected chi connectivity index (χ0v) is 21.4. The number of carbonyl (C=O) groups is 1. The van der Waals surface area contributed by atoms with Crippen LogP contribution in [-0.4, -0.2) is 62.4 Å². The zero-order valence-electron chi connectivity index (χ0n) is 19.8. The third-order valence-electron chi connectivity index (χ3n) is 6.75. The molecule has 2 aliphatic rings. The highest BCUT2D eigenvalue weighted by Crippen LogP contribution is 2.42. The number of ether oxygens (including phenoxy) is 4. The first-order valence-electron chi connectivity index (χ1n) is 11.7. The van der Waals surface area contributed by atoms with Crippen molar-refractivity contribution in [2.24, 2.45) is 0 Å². The van der Waals surface area contributed by atoms with Gasteiger partial charge in [0.2, 0.25) is 0 Å². The number of aromatic nitrogens is 3. The number of ketones is 1. The second-order valence-corrected chi connectivity index (χ2v) is 9.72. The lowest BCUT2D eigenvalue weighted by molar-refractivity contribution is -0.0933. The summed E-state index contributed by atoms with van der Waals surface area (Å²) in [5.74, 6) is 0.448. The van der Waals surface area contributed by atoms with E-state index < -0.39 is 30.6 Å². The largest absolute Gasteiger partial charge is 0.497 e. The van der Waals surface area contributed by atoms with E-state index in [9.17, 15) is 9.90 Å². The van der Waals surface area contributed by atoms with Crippen LogP contribution in [-0.2, 0) is 14.2 Å². The number of rotatable bonds is 6. The van der Waals surface area contributed by atoms with E-state index in [4.69, 9.17) is 47.8 Å². The Bertz CT molecular complexity index is 1540. The smallest absolute Gasteiger partial charge is 0.353 e. The number of thiocarbonyl (C=S) groups is 1. The van der Waals surface area contributed by atoms with E-state index in [2.05, 4.69) is 5.10 Å². The van der Waals surface area contributed by atoms with E-state index in [1.165, 1.54) is 0 Å². The minimum atomic E-state index is -1.16. The first-order chi connectivity index (χ1) is 17.9. The molecule has 2 aliphatic heterocycles. The van der Waals surface area contributed by atoms with Crippen molar-refractivity contribution in [3.05, 3.63) is 64.8 Å². The number of aliphatic hydroxyl groups excluding tert-OH is 1. The van der Waals surface area contributed by atoms with Crippen molar-refractivity contribution in [3.8, 4) is 5.75 Å². The van der Waals surface area contributed by atoms with Gasteiger partial charge in [-0.1, -0.05) is 41.9 Å². The van der Waals surface area contributed by atoms with Crippen molar-refractivity contribution in [2.45, 2.75) is 44.0 Å². The topological polar surface area (TPSA) is 105 Å². The van der Waals surface area contributed by atoms with Crippen molar-refractivity contribution >= 4 is 56.8 Å². The highest BCUT2D eigenvalue weighted by molar-refractivity contribution is 7.79. The Morgan fingerprint density at radius 2 is 1.97 bits per heavy atom. The molecule has 5 atom stereocenters. The number of halogens is 1. The highest BCUT2D eigenvalue weighted by Gasteiger charge is 2.56.